The van der Waals surface area contributed by atoms with E-state index in [9.17, 15) is 8.42 Å². The van der Waals surface area contributed by atoms with Crippen LogP contribution in [0, 0.1) is 0 Å². The van der Waals surface area contributed by atoms with Crippen molar-refractivity contribution in [3.8, 4) is 0 Å². The van der Waals surface area contributed by atoms with Gasteiger partial charge in [0.25, 0.3) is 0 Å². The minimum atomic E-state index is -3.53. The van der Waals surface area contributed by atoms with Gasteiger partial charge in [-0.15, -0.1) is 0 Å². The first-order valence-electron chi connectivity index (χ1n) is 7.70. The number of hydrogen-bond acceptors (Lipinski definition) is 3. The van der Waals surface area contributed by atoms with E-state index < -0.39 is 10.0 Å². The number of rotatable bonds is 4. The Morgan fingerprint density at radius 3 is 2.71 bits per heavy atom. The van der Waals surface area contributed by atoms with Crippen molar-refractivity contribution < 1.29 is 8.42 Å². The van der Waals surface area contributed by atoms with Crippen molar-refractivity contribution in [2.45, 2.75) is 19.0 Å². The highest BCUT2D eigenvalue weighted by Crippen LogP contribution is 2.28. The molecule has 0 bridgehead atoms. The molecule has 0 fully saturated rings. The fraction of sp³-hybridized carbons (Fsp3) is 0.222. The zero-order valence-corrected chi connectivity index (χ0v) is 15.6. The average Bonchev–Trinajstić information content (AvgIpc) is 2.76. The first kappa shape index (κ1) is 17.2. The summed E-state index contributed by atoms with van der Waals surface area (Å²) in [4.78, 5) is 0. The number of sulfonamides is 1. The molecule has 24 heavy (non-hydrogen) atoms. The minimum absolute atomic E-state index is 0.179. The highest BCUT2D eigenvalue weighted by Gasteiger charge is 2.31. The van der Waals surface area contributed by atoms with Crippen LogP contribution in [0.5, 0.6) is 0 Å². The molecule has 1 heterocycles. The Balaban J connectivity index is 1.97. The van der Waals surface area contributed by atoms with Gasteiger partial charge in [0.05, 0.1) is 0 Å². The summed E-state index contributed by atoms with van der Waals surface area (Å²) in [7, 11) is -3.53. The second-order valence-corrected chi connectivity index (χ2v) is 8.53. The number of halogens is 1. The van der Waals surface area contributed by atoms with Crippen LogP contribution < -0.4 is 5.32 Å². The predicted molar refractivity (Wildman–Crippen MR) is 101 cm³/mol. The number of hydrogen-bond donors (Lipinski definition) is 1. The van der Waals surface area contributed by atoms with Gasteiger partial charge in [-0.25, -0.2) is 8.42 Å². The van der Waals surface area contributed by atoms with Gasteiger partial charge < -0.3 is 5.32 Å². The Hall–Kier alpha value is -1.63. The summed E-state index contributed by atoms with van der Waals surface area (Å²) in [6, 6.07) is 15.6. The number of benzene rings is 2. The fourth-order valence-corrected chi connectivity index (χ4v) is 4.43. The molecule has 0 aliphatic carbocycles. The van der Waals surface area contributed by atoms with Gasteiger partial charge in [-0.3, -0.25) is 0 Å². The lowest BCUT2D eigenvalue weighted by Crippen LogP contribution is -2.42. The van der Waals surface area contributed by atoms with E-state index in [2.05, 4.69) is 27.8 Å². The largest absolute Gasteiger partial charge is 0.383 e. The third-order valence-electron chi connectivity index (χ3n) is 4.18. The van der Waals surface area contributed by atoms with Crippen LogP contribution >= 0.6 is 15.9 Å². The maximum Gasteiger partial charge on any atom is 0.236 e. The molecule has 126 valence electrons. The smallest absolute Gasteiger partial charge is 0.236 e. The molecule has 6 heteroatoms. The second kappa shape index (κ2) is 7.09. The van der Waals surface area contributed by atoms with Gasteiger partial charge in [0.1, 0.15) is 0 Å². The number of nitrogens with zero attached hydrogens (tertiary/aromatic N) is 1. The molecule has 0 saturated heterocycles. The molecule has 0 spiro atoms. The molecule has 0 radical (unpaired) electrons. The molecule has 0 unspecified atom stereocenters. The van der Waals surface area contributed by atoms with Crippen molar-refractivity contribution >= 4 is 31.6 Å². The molecule has 0 saturated carbocycles. The molecule has 0 amide bonds. The van der Waals surface area contributed by atoms with E-state index in [1.165, 1.54) is 4.31 Å². The minimum Gasteiger partial charge on any atom is -0.383 e. The quantitative estimate of drug-likeness (QED) is 0.840. The Labute approximate surface area is 151 Å². The fourth-order valence-electron chi connectivity index (χ4n) is 2.95. The van der Waals surface area contributed by atoms with Crippen molar-refractivity contribution in [3.05, 3.63) is 76.1 Å². The van der Waals surface area contributed by atoms with Gasteiger partial charge in [0.15, 0.2) is 0 Å². The Kier molecular flexibility index (Phi) is 5.08. The summed E-state index contributed by atoms with van der Waals surface area (Å²) in [5, 5.41) is 4.42. The predicted octanol–water partition coefficient (Wildman–Crippen LogP) is 3.76. The van der Waals surface area contributed by atoms with Crippen molar-refractivity contribution in [2.75, 3.05) is 11.9 Å². The van der Waals surface area contributed by atoms with E-state index in [1.54, 1.807) is 0 Å². The van der Waals surface area contributed by atoms with Gasteiger partial charge in [0.2, 0.25) is 10.0 Å². The van der Waals surface area contributed by atoms with Crippen LogP contribution in [0.1, 0.15) is 11.1 Å². The average molecular weight is 407 g/mol. The Morgan fingerprint density at radius 1 is 1.25 bits per heavy atom. The highest BCUT2D eigenvalue weighted by molar-refractivity contribution is 9.10. The summed E-state index contributed by atoms with van der Waals surface area (Å²) in [6.07, 6.45) is 0.649. The van der Waals surface area contributed by atoms with Crippen molar-refractivity contribution in [3.63, 3.8) is 0 Å². The normalized spacial score (nSPS) is 18.3. The molecule has 1 atom stereocenters. The molecular formula is C18H19BrN2O2S. The zero-order valence-electron chi connectivity index (χ0n) is 13.2. The number of anilines is 1. The summed E-state index contributed by atoms with van der Waals surface area (Å²) >= 11 is 3.46. The second-order valence-electron chi connectivity index (χ2n) is 5.78. The Bertz CT molecular complexity index is 837. The SMILES string of the molecule is C=CS(=O)(=O)N1Cc2cc(Br)ccc2NC[C@H]1Cc1ccccc1. The molecule has 1 aliphatic heterocycles. The third kappa shape index (κ3) is 3.71. The number of nitrogens with one attached hydrogen (secondary N) is 1. The molecule has 2 aromatic rings. The topological polar surface area (TPSA) is 49.4 Å². The highest BCUT2D eigenvalue weighted by atomic mass is 79.9. The van der Waals surface area contributed by atoms with Crippen LogP contribution in [0.15, 0.2) is 65.0 Å². The summed E-state index contributed by atoms with van der Waals surface area (Å²) in [5.74, 6) is 0. The van der Waals surface area contributed by atoms with Crippen LogP contribution in [-0.2, 0) is 23.0 Å². The van der Waals surface area contributed by atoms with Gasteiger partial charge in [-0.05, 0) is 35.7 Å². The lowest BCUT2D eigenvalue weighted by atomic mass is 10.1. The van der Waals surface area contributed by atoms with Gasteiger partial charge in [-0.1, -0.05) is 52.8 Å². The first-order valence-corrected chi connectivity index (χ1v) is 10.00. The zero-order chi connectivity index (χ0) is 17.2. The number of fused-ring (bicyclic) bond motifs is 1. The molecule has 2 aromatic carbocycles. The van der Waals surface area contributed by atoms with Gasteiger partial charge in [-0.2, -0.15) is 4.31 Å². The monoisotopic (exact) mass is 406 g/mol. The molecular weight excluding hydrogens is 388 g/mol. The van der Waals surface area contributed by atoms with E-state index in [-0.39, 0.29) is 6.04 Å². The first-order chi connectivity index (χ1) is 11.5. The summed E-state index contributed by atoms with van der Waals surface area (Å²) in [6.45, 7) is 4.37. The maximum atomic E-state index is 12.6. The van der Waals surface area contributed by atoms with Crippen LogP contribution in [0.25, 0.3) is 0 Å². The van der Waals surface area contributed by atoms with E-state index >= 15 is 0 Å². The van der Waals surface area contributed by atoms with E-state index in [4.69, 9.17) is 0 Å². The van der Waals surface area contributed by atoms with Crippen molar-refractivity contribution in [2.24, 2.45) is 0 Å². The van der Waals surface area contributed by atoms with Crippen molar-refractivity contribution in [1.82, 2.24) is 4.31 Å². The van der Waals surface area contributed by atoms with E-state index in [0.29, 0.717) is 19.5 Å². The molecule has 1 aliphatic rings. The lowest BCUT2D eigenvalue weighted by molar-refractivity contribution is 0.330. The van der Waals surface area contributed by atoms with Gasteiger partial charge in [0, 0.05) is 34.7 Å². The molecule has 3 rings (SSSR count). The Morgan fingerprint density at radius 2 is 2.00 bits per heavy atom. The van der Waals surface area contributed by atoms with Crippen LogP contribution in [-0.4, -0.2) is 25.3 Å². The summed E-state index contributed by atoms with van der Waals surface area (Å²) < 4.78 is 27.6. The maximum absolute atomic E-state index is 12.6. The van der Waals surface area contributed by atoms with Crippen LogP contribution in [0.2, 0.25) is 0 Å². The standard InChI is InChI=1S/C18H19BrN2O2S/c1-2-24(22,23)21-13-15-11-16(19)8-9-18(15)20-12-17(21)10-14-6-4-3-5-7-14/h2-9,11,17,20H,1,10,12-13H2/t17-/m1/s1. The molecule has 4 nitrogen and oxygen atoms in total. The molecule has 0 aromatic heterocycles. The van der Waals surface area contributed by atoms with Crippen LogP contribution in [0.4, 0.5) is 5.69 Å². The van der Waals surface area contributed by atoms with E-state index in [1.807, 2.05) is 48.5 Å². The molecule has 1 N–H and O–H groups in total. The van der Waals surface area contributed by atoms with E-state index in [0.717, 1.165) is 26.7 Å². The lowest BCUT2D eigenvalue weighted by Gasteiger charge is -2.27. The van der Waals surface area contributed by atoms with Gasteiger partial charge >= 0.3 is 0 Å². The van der Waals surface area contributed by atoms with Crippen molar-refractivity contribution in [1.29, 1.82) is 0 Å². The van der Waals surface area contributed by atoms with Crippen LogP contribution in [0.3, 0.4) is 0 Å². The summed E-state index contributed by atoms with van der Waals surface area (Å²) in [5.41, 5.74) is 3.03. The third-order valence-corrected chi connectivity index (χ3v) is 6.18.